The van der Waals surface area contributed by atoms with E-state index in [1.807, 2.05) is 4.98 Å². The third kappa shape index (κ3) is 2.46. The molecular formula is C12H10BrFN2O3. The quantitative estimate of drug-likeness (QED) is 0.881. The lowest BCUT2D eigenvalue weighted by molar-refractivity contribution is 0.351. The van der Waals surface area contributed by atoms with Gasteiger partial charge in [-0.2, -0.15) is 4.39 Å². The highest BCUT2D eigenvalue weighted by Crippen LogP contribution is 2.23. The molecule has 19 heavy (non-hydrogen) atoms. The molecule has 0 spiro atoms. The number of H-pyrrole nitrogens is 1. The molecule has 1 unspecified atom stereocenters. The van der Waals surface area contributed by atoms with Crippen LogP contribution in [0.5, 0.6) is 5.88 Å². The van der Waals surface area contributed by atoms with Gasteiger partial charge in [0.05, 0.1) is 6.04 Å². The Kier molecular flexibility index (Phi) is 3.57. The summed E-state index contributed by atoms with van der Waals surface area (Å²) >= 11 is 3.28. The van der Waals surface area contributed by atoms with Crippen molar-refractivity contribution in [3.63, 3.8) is 0 Å². The third-order valence-corrected chi connectivity index (χ3v) is 3.27. The van der Waals surface area contributed by atoms with Crippen molar-refractivity contribution in [3.05, 3.63) is 61.0 Å². The van der Waals surface area contributed by atoms with Gasteiger partial charge in [0.25, 0.3) is 5.56 Å². The van der Waals surface area contributed by atoms with Crippen molar-refractivity contribution in [3.8, 4) is 5.88 Å². The van der Waals surface area contributed by atoms with Crippen LogP contribution in [0.15, 0.2) is 38.3 Å². The van der Waals surface area contributed by atoms with Crippen LogP contribution >= 0.6 is 15.9 Å². The molecule has 1 atom stereocenters. The van der Waals surface area contributed by atoms with Crippen LogP contribution in [0, 0.1) is 5.82 Å². The second-order valence-corrected chi connectivity index (χ2v) is 4.91. The predicted molar refractivity (Wildman–Crippen MR) is 70.9 cm³/mol. The summed E-state index contributed by atoms with van der Waals surface area (Å²) in [4.78, 5) is 24.5. The van der Waals surface area contributed by atoms with Crippen molar-refractivity contribution < 1.29 is 9.50 Å². The highest BCUT2D eigenvalue weighted by molar-refractivity contribution is 9.10. The molecule has 1 heterocycles. The molecular weight excluding hydrogens is 319 g/mol. The lowest BCUT2D eigenvalue weighted by Gasteiger charge is -2.16. The van der Waals surface area contributed by atoms with Crippen molar-refractivity contribution in [2.45, 2.75) is 13.0 Å². The maximum absolute atomic E-state index is 13.4. The Labute approximate surface area is 115 Å². The van der Waals surface area contributed by atoms with E-state index in [9.17, 15) is 19.1 Å². The monoisotopic (exact) mass is 328 g/mol. The van der Waals surface area contributed by atoms with Gasteiger partial charge in [0.15, 0.2) is 0 Å². The molecule has 100 valence electrons. The summed E-state index contributed by atoms with van der Waals surface area (Å²) in [5.74, 6) is -2.34. The second kappa shape index (κ2) is 5.00. The SMILES string of the molecule is CC(c1cccc(Br)c1)n1c(O)c(F)c(=O)[nH]c1=O. The number of benzene rings is 1. The van der Waals surface area contributed by atoms with E-state index in [2.05, 4.69) is 15.9 Å². The molecule has 7 heteroatoms. The zero-order valence-electron chi connectivity index (χ0n) is 9.85. The fourth-order valence-corrected chi connectivity index (χ4v) is 2.21. The average molecular weight is 329 g/mol. The Bertz CT molecular complexity index is 738. The number of halogens is 2. The van der Waals surface area contributed by atoms with Crippen molar-refractivity contribution in [1.29, 1.82) is 0 Å². The van der Waals surface area contributed by atoms with E-state index in [0.717, 1.165) is 9.04 Å². The molecule has 0 radical (unpaired) electrons. The van der Waals surface area contributed by atoms with Gasteiger partial charge in [0.1, 0.15) is 0 Å². The summed E-state index contributed by atoms with van der Waals surface area (Å²) < 4.78 is 14.9. The molecule has 0 aliphatic carbocycles. The first-order valence-electron chi connectivity index (χ1n) is 5.40. The van der Waals surface area contributed by atoms with Gasteiger partial charge >= 0.3 is 5.69 Å². The van der Waals surface area contributed by atoms with Crippen molar-refractivity contribution in [1.82, 2.24) is 9.55 Å². The van der Waals surface area contributed by atoms with Gasteiger partial charge in [-0.05, 0) is 24.6 Å². The fraction of sp³-hybridized carbons (Fsp3) is 0.167. The lowest BCUT2D eigenvalue weighted by Crippen LogP contribution is -2.33. The lowest BCUT2D eigenvalue weighted by atomic mass is 10.1. The zero-order valence-corrected chi connectivity index (χ0v) is 11.4. The van der Waals surface area contributed by atoms with Crippen molar-refractivity contribution in [2.24, 2.45) is 0 Å². The summed E-state index contributed by atoms with van der Waals surface area (Å²) in [6.07, 6.45) is 0. The fourth-order valence-electron chi connectivity index (χ4n) is 1.79. The number of nitrogens with zero attached hydrogens (tertiary/aromatic N) is 1. The normalized spacial score (nSPS) is 12.4. The van der Waals surface area contributed by atoms with Crippen LogP contribution in [0.4, 0.5) is 4.39 Å². The van der Waals surface area contributed by atoms with Gasteiger partial charge in [0, 0.05) is 4.47 Å². The summed E-state index contributed by atoms with van der Waals surface area (Å²) in [6.45, 7) is 1.61. The van der Waals surface area contributed by atoms with E-state index < -0.39 is 29.0 Å². The van der Waals surface area contributed by atoms with Crippen LogP contribution in [0.1, 0.15) is 18.5 Å². The minimum atomic E-state index is -1.37. The Hall–Kier alpha value is -1.89. The minimum Gasteiger partial charge on any atom is -0.492 e. The van der Waals surface area contributed by atoms with Crippen LogP contribution in [0.2, 0.25) is 0 Å². The first-order chi connectivity index (χ1) is 8.91. The first kappa shape index (κ1) is 13.5. The first-order valence-corrected chi connectivity index (χ1v) is 6.20. The summed E-state index contributed by atoms with van der Waals surface area (Å²) in [5, 5.41) is 9.62. The second-order valence-electron chi connectivity index (χ2n) is 4.00. The number of aromatic amines is 1. The van der Waals surface area contributed by atoms with Gasteiger partial charge in [-0.25, -0.2) is 4.79 Å². The third-order valence-electron chi connectivity index (χ3n) is 2.78. The topological polar surface area (TPSA) is 75.1 Å². The van der Waals surface area contributed by atoms with E-state index in [1.165, 1.54) is 0 Å². The number of aromatic hydroxyl groups is 1. The van der Waals surface area contributed by atoms with Crippen molar-refractivity contribution >= 4 is 15.9 Å². The molecule has 1 aromatic heterocycles. The largest absolute Gasteiger partial charge is 0.492 e. The number of nitrogens with one attached hydrogen (secondary N) is 1. The maximum atomic E-state index is 13.4. The highest BCUT2D eigenvalue weighted by atomic mass is 79.9. The van der Waals surface area contributed by atoms with Crippen molar-refractivity contribution in [2.75, 3.05) is 0 Å². The van der Waals surface area contributed by atoms with E-state index >= 15 is 0 Å². The predicted octanol–water partition coefficient (Wildman–Crippen LogP) is 1.75. The van der Waals surface area contributed by atoms with Gasteiger partial charge < -0.3 is 5.11 Å². The molecule has 2 aromatic rings. The van der Waals surface area contributed by atoms with E-state index in [-0.39, 0.29) is 0 Å². The molecule has 5 nitrogen and oxygen atoms in total. The Morgan fingerprint density at radius 3 is 2.74 bits per heavy atom. The van der Waals surface area contributed by atoms with Crippen LogP contribution in [-0.2, 0) is 0 Å². The van der Waals surface area contributed by atoms with Gasteiger partial charge in [0.2, 0.25) is 11.7 Å². The summed E-state index contributed by atoms with van der Waals surface area (Å²) in [6, 6.07) is 6.38. The molecule has 2 rings (SSSR count). The number of hydrogen-bond donors (Lipinski definition) is 2. The molecule has 0 aliphatic heterocycles. The van der Waals surface area contributed by atoms with Crippen LogP contribution in [-0.4, -0.2) is 14.7 Å². The maximum Gasteiger partial charge on any atom is 0.331 e. The molecule has 2 N–H and O–H groups in total. The molecule has 1 aromatic carbocycles. The van der Waals surface area contributed by atoms with E-state index in [1.54, 1.807) is 31.2 Å². The molecule has 0 bridgehead atoms. The Morgan fingerprint density at radius 2 is 2.11 bits per heavy atom. The minimum absolute atomic E-state index is 0.628. The zero-order chi connectivity index (χ0) is 14.2. The number of aromatic nitrogens is 2. The molecule has 0 fully saturated rings. The van der Waals surface area contributed by atoms with Crippen LogP contribution in [0.3, 0.4) is 0 Å². The number of hydrogen-bond acceptors (Lipinski definition) is 3. The molecule has 0 amide bonds. The Balaban J connectivity index is 2.63. The summed E-state index contributed by atoms with van der Waals surface area (Å²) in [7, 11) is 0. The summed E-state index contributed by atoms with van der Waals surface area (Å²) in [5.41, 5.74) is -1.42. The van der Waals surface area contributed by atoms with Gasteiger partial charge in [-0.15, -0.1) is 0 Å². The van der Waals surface area contributed by atoms with Crippen LogP contribution in [0.25, 0.3) is 0 Å². The van der Waals surface area contributed by atoms with E-state index in [4.69, 9.17) is 0 Å². The standard InChI is InChI=1S/C12H10BrFN2O3/c1-6(7-3-2-4-8(13)5-7)16-11(18)9(14)10(17)15-12(16)19/h2-6,18H,1H3,(H,15,17,19). The smallest absolute Gasteiger partial charge is 0.331 e. The van der Waals surface area contributed by atoms with Gasteiger partial charge in [-0.1, -0.05) is 28.1 Å². The van der Waals surface area contributed by atoms with E-state index in [0.29, 0.717) is 5.56 Å². The molecule has 0 saturated carbocycles. The highest BCUT2D eigenvalue weighted by Gasteiger charge is 2.19. The van der Waals surface area contributed by atoms with Gasteiger partial charge in [-0.3, -0.25) is 14.3 Å². The average Bonchev–Trinajstić information content (AvgIpc) is 2.36. The number of rotatable bonds is 2. The molecule has 0 saturated heterocycles. The molecule has 0 aliphatic rings. The van der Waals surface area contributed by atoms with Crippen LogP contribution < -0.4 is 11.2 Å². The Morgan fingerprint density at radius 1 is 1.42 bits per heavy atom.